The largest absolute Gasteiger partial charge is 0.480 e. The van der Waals surface area contributed by atoms with Crippen LogP contribution in [0.3, 0.4) is 0 Å². The highest BCUT2D eigenvalue weighted by molar-refractivity contribution is 6.07. The number of aliphatic carboxylic acids is 1. The number of hydrogen-bond donors (Lipinski definition) is 1. The molecule has 0 spiro atoms. The van der Waals surface area contributed by atoms with Crippen LogP contribution in [0.15, 0.2) is 34.9 Å². The molecular weight excluding hydrogens is 330 g/mol. The molecule has 0 saturated carbocycles. The van der Waals surface area contributed by atoms with Crippen LogP contribution in [0.25, 0.3) is 0 Å². The Morgan fingerprint density at radius 2 is 1.85 bits per heavy atom. The van der Waals surface area contributed by atoms with Gasteiger partial charge < -0.3 is 5.11 Å². The Hall–Kier alpha value is -2.17. The number of fused-ring (bicyclic) bond motifs is 1. The first-order chi connectivity index (χ1) is 12.3. The van der Waals surface area contributed by atoms with Crippen molar-refractivity contribution in [3.05, 3.63) is 34.9 Å². The van der Waals surface area contributed by atoms with Gasteiger partial charge in [-0.3, -0.25) is 19.3 Å². The third kappa shape index (κ3) is 5.16. The van der Waals surface area contributed by atoms with Crippen molar-refractivity contribution < 1.29 is 19.5 Å². The fraction of sp³-hybridized carbons (Fsp3) is 0.571. The van der Waals surface area contributed by atoms with Gasteiger partial charge in [0, 0.05) is 0 Å². The quantitative estimate of drug-likeness (QED) is 0.527. The van der Waals surface area contributed by atoms with Gasteiger partial charge in [-0.25, -0.2) is 0 Å². The standard InChI is InChI=1S/C21H29NO4/c1-14(2)6-4-7-15(3)8-5-9-16-10-11-17-18(12-16)21(26)22(20(17)25)13-19(23)24/h6,8,10,17-18H,4-5,7,9,11-13H2,1-3H3,(H,23,24). The Morgan fingerprint density at radius 3 is 2.50 bits per heavy atom. The molecule has 2 aliphatic rings. The highest BCUT2D eigenvalue weighted by Crippen LogP contribution is 2.38. The molecule has 1 saturated heterocycles. The summed E-state index contributed by atoms with van der Waals surface area (Å²) < 4.78 is 0. The second-order valence-electron chi connectivity index (χ2n) is 7.58. The van der Waals surface area contributed by atoms with Crippen LogP contribution >= 0.6 is 0 Å². The van der Waals surface area contributed by atoms with Crippen molar-refractivity contribution in [2.45, 2.75) is 59.3 Å². The van der Waals surface area contributed by atoms with Gasteiger partial charge in [-0.1, -0.05) is 34.9 Å². The van der Waals surface area contributed by atoms with Crippen LogP contribution < -0.4 is 0 Å². The van der Waals surface area contributed by atoms with Crippen molar-refractivity contribution in [2.24, 2.45) is 11.8 Å². The Kier molecular flexibility index (Phi) is 6.95. The van der Waals surface area contributed by atoms with Crippen LogP contribution in [0.1, 0.15) is 59.3 Å². The van der Waals surface area contributed by atoms with Gasteiger partial charge in [-0.05, 0) is 59.3 Å². The minimum absolute atomic E-state index is 0.318. The molecule has 0 aromatic heterocycles. The maximum absolute atomic E-state index is 12.4. The van der Waals surface area contributed by atoms with E-state index in [1.807, 2.05) is 0 Å². The number of likely N-dealkylation sites (tertiary alicyclic amines) is 1. The van der Waals surface area contributed by atoms with Gasteiger partial charge >= 0.3 is 5.97 Å². The fourth-order valence-corrected chi connectivity index (χ4v) is 3.70. The second-order valence-corrected chi connectivity index (χ2v) is 7.58. The van der Waals surface area contributed by atoms with E-state index < -0.39 is 12.5 Å². The van der Waals surface area contributed by atoms with Crippen molar-refractivity contribution >= 4 is 17.8 Å². The predicted octanol–water partition coefficient (Wildman–Crippen LogP) is 3.87. The maximum Gasteiger partial charge on any atom is 0.323 e. The normalized spacial score (nSPS) is 23.0. The molecule has 1 N–H and O–H groups in total. The molecule has 0 bridgehead atoms. The molecule has 2 atom stereocenters. The van der Waals surface area contributed by atoms with Gasteiger partial charge in [-0.2, -0.15) is 0 Å². The van der Waals surface area contributed by atoms with Crippen LogP contribution in [0.5, 0.6) is 0 Å². The van der Waals surface area contributed by atoms with E-state index in [0.717, 1.165) is 30.6 Å². The predicted molar refractivity (Wildman–Crippen MR) is 100 cm³/mol. The van der Waals surface area contributed by atoms with E-state index in [0.29, 0.717) is 12.8 Å². The summed E-state index contributed by atoms with van der Waals surface area (Å²) in [6.07, 6.45) is 11.6. The molecule has 1 aliphatic carbocycles. The van der Waals surface area contributed by atoms with Gasteiger partial charge in [-0.15, -0.1) is 0 Å². The van der Waals surface area contributed by atoms with Gasteiger partial charge in [0.15, 0.2) is 0 Å². The first kappa shape index (κ1) is 20.1. The third-order valence-electron chi connectivity index (χ3n) is 5.14. The minimum atomic E-state index is -1.15. The van der Waals surface area contributed by atoms with Crippen molar-refractivity contribution in [2.75, 3.05) is 6.54 Å². The average Bonchev–Trinajstić information content (AvgIpc) is 2.79. The topological polar surface area (TPSA) is 74.7 Å². The van der Waals surface area contributed by atoms with E-state index in [2.05, 4.69) is 39.0 Å². The number of carbonyl (C=O) groups excluding carboxylic acids is 2. The van der Waals surface area contributed by atoms with E-state index in [9.17, 15) is 14.4 Å². The highest BCUT2D eigenvalue weighted by Gasteiger charge is 2.48. The van der Waals surface area contributed by atoms with Crippen LogP contribution in [-0.2, 0) is 14.4 Å². The number of carbonyl (C=O) groups is 3. The first-order valence-corrected chi connectivity index (χ1v) is 9.33. The molecule has 2 rings (SSSR count). The summed E-state index contributed by atoms with van der Waals surface area (Å²) >= 11 is 0. The number of carboxylic acid groups (broad SMARTS) is 1. The third-order valence-corrected chi connectivity index (χ3v) is 5.14. The molecular formula is C21H29NO4. The van der Waals surface area contributed by atoms with E-state index in [4.69, 9.17) is 5.11 Å². The highest BCUT2D eigenvalue weighted by atomic mass is 16.4. The van der Waals surface area contributed by atoms with Gasteiger partial charge in [0.1, 0.15) is 6.54 Å². The number of rotatable bonds is 8. The second kappa shape index (κ2) is 8.97. The average molecular weight is 359 g/mol. The molecule has 2 unspecified atom stereocenters. The van der Waals surface area contributed by atoms with Crippen molar-refractivity contribution in [1.29, 1.82) is 0 Å². The maximum atomic E-state index is 12.4. The molecule has 0 aromatic carbocycles. The zero-order valence-corrected chi connectivity index (χ0v) is 16.0. The van der Waals surface area contributed by atoms with Gasteiger partial charge in [0.2, 0.25) is 11.8 Å². The van der Waals surface area contributed by atoms with E-state index in [1.54, 1.807) is 0 Å². The number of amides is 2. The molecule has 1 heterocycles. The molecule has 0 radical (unpaired) electrons. The van der Waals surface area contributed by atoms with Gasteiger partial charge in [0.05, 0.1) is 11.8 Å². The first-order valence-electron chi connectivity index (χ1n) is 9.33. The lowest BCUT2D eigenvalue weighted by molar-refractivity contribution is -0.149. The number of allylic oxidation sites excluding steroid dienone is 6. The summed E-state index contributed by atoms with van der Waals surface area (Å²) in [5.74, 6) is -2.53. The van der Waals surface area contributed by atoms with Crippen LogP contribution in [0, 0.1) is 11.8 Å². The van der Waals surface area contributed by atoms with Crippen LogP contribution in [0.4, 0.5) is 0 Å². The summed E-state index contributed by atoms with van der Waals surface area (Å²) in [4.78, 5) is 36.4. The minimum Gasteiger partial charge on any atom is -0.480 e. The molecule has 2 amide bonds. The number of carboxylic acids is 1. The fourth-order valence-electron chi connectivity index (χ4n) is 3.70. The van der Waals surface area contributed by atoms with Crippen LogP contribution in [-0.4, -0.2) is 34.3 Å². The molecule has 26 heavy (non-hydrogen) atoms. The Balaban J connectivity index is 1.86. The molecule has 142 valence electrons. The summed E-state index contributed by atoms with van der Waals surface area (Å²) in [6, 6.07) is 0. The molecule has 5 heteroatoms. The molecule has 1 fully saturated rings. The summed E-state index contributed by atoms with van der Waals surface area (Å²) in [7, 11) is 0. The van der Waals surface area contributed by atoms with Gasteiger partial charge in [0.25, 0.3) is 0 Å². The van der Waals surface area contributed by atoms with E-state index in [-0.39, 0.29) is 23.7 Å². The molecule has 0 aromatic rings. The number of imide groups is 1. The lowest BCUT2D eigenvalue weighted by Crippen LogP contribution is -2.35. The zero-order valence-electron chi connectivity index (χ0n) is 16.0. The summed E-state index contributed by atoms with van der Waals surface area (Å²) in [5.41, 5.74) is 3.92. The van der Waals surface area contributed by atoms with E-state index >= 15 is 0 Å². The zero-order chi connectivity index (χ0) is 19.3. The van der Waals surface area contributed by atoms with Crippen molar-refractivity contribution in [1.82, 2.24) is 4.90 Å². The SMILES string of the molecule is CC(C)=CCCC(C)=CCCC1=CCC2C(=O)N(CC(=O)O)C(=O)C2C1. The van der Waals surface area contributed by atoms with E-state index in [1.165, 1.54) is 16.7 Å². The lowest BCUT2D eigenvalue weighted by Gasteiger charge is -2.21. The number of nitrogens with zero attached hydrogens (tertiary/aromatic N) is 1. The Morgan fingerprint density at radius 1 is 1.15 bits per heavy atom. The molecule has 1 aliphatic heterocycles. The lowest BCUT2D eigenvalue weighted by atomic mass is 9.80. The van der Waals surface area contributed by atoms with Crippen LogP contribution in [0.2, 0.25) is 0 Å². The Labute approximate surface area is 155 Å². The number of hydrogen-bond acceptors (Lipinski definition) is 3. The summed E-state index contributed by atoms with van der Waals surface area (Å²) in [6.45, 7) is 5.84. The summed E-state index contributed by atoms with van der Waals surface area (Å²) in [5, 5.41) is 8.89. The van der Waals surface area contributed by atoms with Crippen molar-refractivity contribution in [3.63, 3.8) is 0 Å². The monoisotopic (exact) mass is 359 g/mol. The smallest absolute Gasteiger partial charge is 0.323 e. The Bertz CT molecular complexity index is 667. The molecule has 5 nitrogen and oxygen atoms in total. The van der Waals surface area contributed by atoms with Crippen molar-refractivity contribution in [3.8, 4) is 0 Å².